The van der Waals surface area contributed by atoms with E-state index in [1.807, 2.05) is 25.1 Å². The molecule has 1 heterocycles. The van der Waals surface area contributed by atoms with E-state index >= 15 is 0 Å². The summed E-state index contributed by atoms with van der Waals surface area (Å²) in [6, 6.07) is 13.8. The van der Waals surface area contributed by atoms with Crippen LogP contribution in [0.25, 0.3) is 0 Å². The van der Waals surface area contributed by atoms with Crippen LogP contribution in [0.1, 0.15) is 25.3 Å². The maximum atomic E-state index is 12.8. The molecule has 0 bridgehead atoms. The van der Waals surface area contributed by atoms with Crippen LogP contribution in [0.2, 0.25) is 0 Å². The summed E-state index contributed by atoms with van der Waals surface area (Å²) in [6.07, 6.45) is 1.75. The highest BCUT2D eigenvalue weighted by atomic mass is 32.2. The Labute approximate surface area is 188 Å². The first-order chi connectivity index (χ1) is 14.8. The normalized spacial score (nSPS) is 15.3. The SMILES string of the molecule is Cc1ccccc1OCC(=O)NC(=S)Nc1ccc(S(=O)(=O)N2CCC(C)CC2)cc1. The van der Waals surface area contributed by atoms with Gasteiger partial charge in [0.2, 0.25) is 10.0 Å². The lowest BCUT2D eigenvalue weighted by Gasteiger charge is -2.29. The molecule has 2 aromatic carbocycles. The molecule has 0 aliphatic carbocycles. The molecule has 0 spiro atoms. The van der Waals surface area contributed by atoms with Crippen LogP contribution >= 0.6 is 12.2 Å². The summed E-state index contributed by atoms with van der Waals surface area (Å²) in [5.41, 5.74) is 1.52. The van der Waals surface area contributed by atoms with Crippen LogP contribution in [0.3, 0.4) is 0 Å². The molecule has 3 rings (SSSR count). The number of amides is 1. The molecule has 0 radical (unpaired) electrons. The van der Waals surface area contributed by atoms with Gasteiger partial charge in [-0.1, -0.05) is 25.1 Å². The Morgan fingerprint density at radius 2 is 1.77 bits per heavy atom. The van der Waals surface area contributed by atoms with E-state index in [4.69, 9.17) is 17.0 Å². The molecule has 1 amide bonds. The molecule has 2 aromatic rings. The minimum absolute atomic E-state index is 0.110. The van der Waals surface area contributed by atoms with Gasteiger partial charge in [0.05, 0.1) is 4.90 Å². The van der Waals surface area contributed by atoms with Gasteiger partial charge in [0.1, 0.15) is 5.75 Å². The van der Waals surface area contributed by atoms with E-state index in [0.29, 0.717) is 30.4 Å². The van der Waals surface area contributed by atoms with Crippen molar-refractivity contribution >= 4 is 38.9 Å². The second-order valence-corrected chi connectivity index (χ2v) is 10.0. The number of aryl methyl sites for hydroxylation is 1. The Morgan fingerprint density at radius 3 is 2.42 bits per heavy atom. The Kier molecular flexibility index (Phi) is 7.64. The van der Waals surface area contributed by atoms with Gasteiger partial charge in [-0.05, 0) is 73.8 Å². The molecule has 1 aliphatic rings. The average Bonchev–Trinajstić information content (AvgIpc) is 2.74. The van der Waals surface area contributed by atoms with Crippen LogP contribution in [0.4, 0.5) is 5.69 Å². The van der Waals surface area contributed by atoms with Gasteiger partial charge >= 0.3 is 0 Å². The zero-order valence-corrected chi connectivity index (χ0v) is 19.3. The molecule has 0 aromatic heterocycles. The van der Waals surface area contributed by atoms with E-state index in [-0.39, 0.29) is 22.5 Å². The molecule has 0 saturated carbocycles. The smallest absolute Gasteiger partial charge is 0.264 e. The van der Waals surface area contributed by atoms with E-state index in [0.717, 1.165) is 18.4 Å². The highest BCUT2D eigenvalue weighted by Gasteiger charge is 2.27. The number of para-hydroxylation sites is 1. The minimum atomic E-state index is -3.50. The Bertz CT molecular complexity index is 1030. The number of hydrogen-bond acceptors (Lipinski definition) is 5. The summed E-state index contributed by atoms with van der Waals surface area (Å²) < 4.78 is 32.6. The van der Waals surface area contributed by atoms with Crippen molar-refractivity contribution in [1.82, 2.24) is 9.62 Å². The van der Waals surface area contributed by atoms with Crippen molar-refractivity contribution < 1.29 is 17.9 Å². The fourth-order valence-electron chi connectivity index (χ4n) is 3.27. The van der Waals surface area contributed by atoms with E-state index in [1.165, 1.54) is 4.31 Å². The summed E-state index contributed by atoms with van der Waals surface area (Å²) in [5, 5.41) is 5.54. The Hall–Kier alpha value is -2.49. The molecule has 0 atom stereocenters. The van der Waals surface area contributed by atoms with Crippen LogP contribution in [0.15, 0.2) is 53.4 Å². The van der Waals surface area contributed by atoms with E-state index in [9.17, 15) is 13.2 Å². The quantitative estimate of drug-likeness (QED) is 0.642. The zero-order valence-electron chi connectivity index (χ0n) is 17.6. The Balaban J connectivity index is 1.51. The van der Waals surface area contributed by atoms with Gasteiger partial charge in [0.15, 0.2) is 11.7 Å². The maximum Gasteiger partial charge on any atom is 0.264 e. The van der Waals surface area contributed by atoms with Gasteiger partial charge in [-0.3, -0.25) is 10.1 Å². The summed E-state index contributed by atoms with van der Waals surface area (Å²) in [5.74, 6) is 0.798. The van der Waals surface area contributed by atoms with E-state index < -0.39 is 10.0 Å². The third kappa shape index (κ3) is 6.25. The third-order valence-electron chi connectivity index (χ3n) is 5.20. The molecular formula is C22H27N3O4S2. The van der Waals surface area contributed by atoms with E-state index in [2.05, 4.69) is 17.6 Å². The fraction of sp³-hybridized carbons (Fsp3) is 0.364. The van der Waals surface area contributed by atoms with Crippen molar-refractivity contribution in [3.63, 3.8) is 0 Å². The number of benzene rings is 2. The average molecular weight is 462 g/mol. The first-order valence-corrected chi connectivity index (χ1v) is 12.0. The lowest BCUT2D eigenvalue weighted by Crippen LogP contribution is -2.38. The number of carbonyl (C=O) groups is 1. The van der Waals surface area contributed by atoms with Crippen molar-refractivity contribution in [2.24, 2.45) is 5.92 Å². The molecule has 31 heavy (non-hydrogen) atoms. The number of carbonyl (C=O) groups excluding carboxylic acids is 1. The number of thiocarbonyl (C=S) groups is 1. The summed E-state index contributed by atoms with van der Waals surface area (Å²) in [6.45, 7) is 4.96. The van der Waals surface area contributed by atoms with Crippen molar-refractivity contribution in [2.45, 2.75) is 31.6 Å². The summed E-state index contributed by atoms with van der Waals surface area (Å²) in [7, 11) is -3.50. The molecule has 1 saturated heterocycles. The number of nitrogens with zero attached hydrogens (tertiary/aromatic N) is 1. The molecule has 9 heteroatoms. The van der Waals surface area contributed by atoms with Crippen LogP contribution in [0, 0.1) is 12.8 Å². The molecule has 2 N–H and O–H groups in total. The number of anilines is 1. The number of piperidine rings is 1. The second-order valence-electron chi connectivity index (χ2n) is 7.67. The molecule has 7 nitrogen and oxygen atoms in total. The number of sulfonamides is 1. The van der Waals surface area contributed by atoms with Gasteiger partial charge in [-0.25, -0.2) is 8.42 Å². The minimum Gasteiger partial charge on any atom is -0.483 e. The van der Waals surface area contributed by atoms with Crippen molar-refractivity contribution in [3.8, 4) is 5.75 Å². The standard InChI is InChI=1S/C22H27N3O4S2/c1-16-11-13-25(14-12-16)31(27,28)19-9-7-18(8-10-19)23-22(30)24-21(26)15-29-20-6-4-3-5-17(20)2/h3-10,16H,11-15H2,1-2H3,(H2,23,24,26,30). The van der Waals surface area contributed by atoms with Crippen molar-refractivity contribution in [1.29, 1.82) is 0 Å². The summed E-state index contributed by atoms with van der Waals surface area (Å²) >= 11 is 5.16. The van der Waals surface area contributed by atoms with Crippen LogP contribution in [-0.4, -0.2) is 43.4 Å². The first kappa shape index (κ1) is 23.2. The monoisotopic (exact) mass is 461 g/mol. The zero-order chi connectivity index (χ0) is 22.4. The highest BCUT2D eigenvalue weighted by Crippen LogP contribution is 2.24. The van der Waals surface area contributed by atoms with Gasteiger partial charge in [0, 0.05) is 18.8 Å². The van der Waals surface area contributed by atoms with Gasteiger partial charge in [-0.2, -0.15) is 4.31 Å². The maximum absolute atomic E-state index is 12.8. The first-order valence-electron chi connectivity index (χ1n) is 10.1. The lowest BCUT2D eigenvalue weighted by molar-refractivity contribution is -0.121. The number of rotatable bonds is 6. The van der Waals surface area contributed by atoms with E-state index in [1.54, 1.807) is 30.3 Å². The fourth-order valence-corrected chi connectivity index (χ4v) is 4.97. The van der Waals surface area contributed by atoms with Crippen LogP contribution in [-0.2, 0) is 14.8 Å². The largest absolute Gasteiger partial charge is 0.483 e. The van der Waals surface area contributed by atoms with Gasteiger partial charge in [-0.15, -0.1) is 0 Å². The lowest BCUT2D eigenvalue weighted by atomic mass is 10.0. The van der Waals surface area contributed by atoms with Crippen LogP contribution < -0.4 is 15.4 Å². The Morgan fingerprint density at radius 1 is 1.13 bits per heavy atom. The topological polar surface area (TPSA) is 87.7 Å². The number of ether oxygens (including phenoxy) is 1. The molecule has 1 aliphatic heterocycles. The number of hydrogen-bond donors (Lipinski definition) is 2. The number of nitrogens with one attached hydrogen (secondary N) is 2. The molecule has 1 fully saturated rings. The summed E-state index contributed by atoms with van der Waals surface area (Å²) in [4.78, 5) is 12.3. The van der Waals surface area contributed by atoms with Crippen LogP contribution in [0.5, 0.6) is 5.75 Å². The molecule has 0 unspecified atom stereocenters. The predicted molar refractivity (Wildman–Crippen MR) is 125 cm³/mol. The third-order valence-corrected chi connectivity index (χ3v) is 7.31. The molecule has 166 valence electrons. The van der Waals surface area contributed by atoms with Gasteiger partial charge < -0.3 is 10.1 Å². The second kappa shape index (κ2) is 10.2. The molecular weight excluding hydrogens is 434 g/mol. The van der Waals surface area contributed by atoms with Crippen molar-refractivity contribution in [3.05, 3.63) is 54.1 Å². The predicted octanol–water partition coefficient (Wildman–Crippen LogP) is 3.31. The highest BCUT2D eigenvalue weighted by molar-refractivity contribution is 7.89. The van der Waals surface area contributed by atoms with Gasteiger partial charge in [0.25, 0.3) is 5.91 Å². The van der Waals surface area contributed by atoms with Crippen molar-refractivity contribution in [2.75, 3.05) is 25.0 Å².